The Bertz CT molecular complexity index is 990. The largest absolute Gasteiger partial charge is 0.497 e. The molecule has 1 aromatic heterocycles. The third-order valence-corrected chi connectivity index (χ3v) is 5.15. The molecule has 1 N–H and O–H groups in total. The molecule has 8 heteroatoms. The van der Waals surface area contributed by atoms with E-state index in [0.717, 1.165) is 30.6 Å². The second kappa shape index (κ2) is 8.53. The summed E-state index contributed by atoms with van der Waals surface area (Å²) in [7, 11) is 1.61. The number of nitrogens with one attached hydrogen (secondary N) is 1. The number of piperidine rings is 1. The number of methoxy groups -OCH3 is 1. The van der Waals surface area contributed by atoms with Crippen molar-refractivity contribution in [3.8, 4) is 17.1 Å². The summed E-state index contributed by atoms with van der Waals surface area (Å²) >= 11 is 6.06. The first-order valence-electron chi connectivity index (χ1n) is 9.45. The first-order chi connectivity index (χ1) is 14.1. The van der Waals surface area contributed by atoms with Gasteiger partial charge in [-0.05, 0) is 55.7 Å². The zero-order chi connectivity index (χ0) is 20.2. The summed E-state index contributed by atoms with van der Waals surface area (Å²) in [5, 5.41) is 7.62. The van der Waals surface area contributed by atoms with Gasteiger partial charge in [-0.1, -0.05) is 28.9 Å². The molecule has 1 aliphatic heterocycles. The van der Waals surface area contributed by atoms with Crippen LogP contribution in [0.1, 0.15) is 31.2 Å². The molecule has 1 atom stereocenters. The Kier molecular flexibility index (Phi) is 5.67. The van der Waals surface area contributed by atoms with E-state index in [4.69, 9.17) is 20.9 Å². The first kappa shape index (κ1) is 19.3. The van der Waals surface area contributed by atoms with Crippen molar-refractivity contribution in [2.75, 3.05) is 19.0 Å². The van der Waals surface area contributed by atoms with Crippen molar-refractivity contribution in [1.29, 1.82) is 0 Å². The van der Waals surface area contributed by atoms with E-state index >= 15 is 0 Å². The van der Waals surface area contributed by atoms with Crippen molar-refractivity contribution >= 4 is 23.3 Å². The molecule has 0 saturated carbocycles. The topological polar surface area (TPSA) is 80.5 Å². The predicted octanol–water partition coefficient (Wildman–Crippen LogP) is 5.16. The second-order valence-electron chi connectivity index (χ2n) is 6.83. The fraction of sp³-hybridized carbons (Fsp3) is 0.286. The minimum absolute atomic E-state index is 0.192. The van der Waals surface area contributed by atoms with E-state index in [1.807, 2.05) is 12.1 Å². The quantitative estimate of drug-likeness (QED) is 0.640. The summed E-state index contributed by atoms with van der Waals surface area (Å²) in [5.74, 6) is 1.63. The normalized spacial score (nSPS) is 16.5. The van der Waals surface area contributed by atoms with Gasteiger partial charge >= 0.3 is 6.03 Å². The van der Waals surface area contributed by atoms with Crippen molar-refractivity contribution < 1.29 is 14.1 Å². The van der Waals surface area contributed by atoms with Crippen LogP contribution in [0.2, 0.25) is 5.02 Å². The highest BCUT2D eigenvalue weighted by atomic mass is 35.5. The molecule has 0 unspecified atom stereocenters. The maximum Gasteiger partial charge on any atom is 0.322 e. The molecule has 0 bridgehead atoms. The van der Waals surface area contributed by atoms with Gasteiger partial charge in [0, 0.05) is 22.8 Å². The number of anilines is 1. The number of ether oxygens (including phenoxy) is 1. The Hall–Kier alpha value is -3.06. The Morgan fingerprint density at radius 1 is 1.24 bits per heavy atom. The number of nitrogens with zero attached hydrogens (tertiary/aromatic N) is 3. The number of amides is 2. The van der Waals surface area contributed by atoms with Gasteiger partial charge in [-0.2, -0.15) is 4.98 Å². The predicted molar refractivity (Wildman–Crippen MR) is 110 cm³/mol. The SMILES string of the molecule is COc1ccc(NC(=O)N2CCCC[C@H]2c2nc(-c3cccc(Cl)c3)no2)cc1. The maximum absolute atomic E-state index is 12.9. The molecule has 29 heavy (non-hydrogen) atoms. The van der Waals surface area contributed by atoms with Crippen molar-refractivity contribution in [3.05, 3.63) is 59.4 Å². The number of hydrogen-bond donors (Lipinski definition) is 1. The summed E-state index contributed by atoms with van der Waals surface area (Å²) in [6.07, 6.45) is 2.70. The third-order valence-electron chi connectivity index (χ3n) is 4.91. The van der Waals surface area contributed by atoms with Crippen molar-refractivity contribution in [2.45, 2.75) is 25.3 Å². The van der Waals surface area contributed by atoms with Gasteiger partial charge in [-0.25, -0.2) is 4.79 Å². The second-order valence-corrected chi connectivity index (χ2v) is 7.27. The van der Waals surface area contributed by atoms with Crippen LogP contribution < -0.4 is 10.1 Å². The molecule has 0 spiro atoms. The van der Waals surface area contributed by atoms with Crippen LogP contribution in [0.3, 0.4) is 0 Å². The number of urea groups is 1. The van der Waals surface area contributed by atoms with Crippen LogP contribution in [-0.4, -0.2) is 34.7 Å². The van der Waals surface area contributed by atoms with Gasteiger partial charge in [0.25, 0.3) is 0 Å². The zero-order valence-electron chi connectivity index (χ0n) is 16.0. The minimum atomic E-state index is -0.262. The third kappa shape index (κ3) is 4.35. The van der Waals surface area contributed by atoms with E-state index < -0.39 is 0 Å². The van der Waals surface area contributed by atoms with Gasteiger partial charge in [-0.15, -0.1) is 0 Å². The van der Waals surface area contributed by atoms with Crippen LogP contribution in [0.4, 0.5) is 10.5 Å². The number of halogens is 1. The standard InChI is InChI=1S/C21H21ClN4O3/c1-28-17-10-8-16(9-11-17)23-21(27)26-12-3-2-7-18(26)20-24-19(25-29-20)14-5-4-6-15(22)13-14/h4-6,8-11,13,18H,2-3,7,12H2,1H3,(H,23,27)/t18-/m0/s1. The van der Waals surface area contributed by atoms with Gasteiger partial charge in [-0.3, -0.25) is 0 Å². The van der Waals surface area contributed by atoms with E-state index in [9.17, 15) is 4.79 Å². The van der Waals surface area contributed by atoms with Gasteiger partial charge < -0.3 is 19.5 Å². The number of likely N-dealkylation sites (tertiary alicyclic amines) is 1. The van der Waals surface area contributed by atoms with Crippen LogP contribution >= 0.6 is 11.6 Å². The summed E-state index contributed by atoms with van der Waals surface area (Å²) in [6, 6.07) is 14.0. The summed E-state index contributed by atoms with van der Waals surface area (Å²) < 4.78 is 10.7. The monoisotopic (exact) mass is 412 g/mol. The zero-order valence-corrected chi connectivity index (χ0v) is 16.7. The molecule has 2 amide bonds. The number of rotatable bonds is 4. The molecular formula is C21H21ClN4O3. The molecule has 0 aliphatic carbocycles. The van der Waals surface area contributed by atoms with Gasteiger partial charge in [0.2, 0.25) is 11.7 Å². The number of carbonyl (C=O) groups excluding carboxylic acids is 1. The van der Waals surface area contributed by atoms with Gasteiger partial charge in [0.15, 0.2) is 0 Å². The average Bonchev–Trinajstić information content (AvgIpc) is 3.24. The molecule has 2 aromatic carbocycles. The Labute approximate surface area is 173 Å². The van der Waals surface area contributed by atoms with E-state index in [2.05, 4.69) is 15.5 Å². The number of benzene rings is 2. The lowest BCUT2D eigenvalue weighted by molar-refractivity contribution is 0.142. The van der Waals surface area contributed by atoms with E-state index in [1.165, 1.54) is 0 Å². The molecular weight excluding hydrogens is 392 g/mol. The molecule has 1 fully saturated rings. The van der Waals surface area contributed by atoms with Crippen molar-refractivity contribution in [2.24, 2.45) is 0 Å². The van der Waals surface area contributed by atoms with Crippen LogP contribution in [0, 0.1) is 0 Å². The molecule has 2 heterocycles. The Balaban J connectivity index is 1.52. The number of hydrogen-bond acceptors (Lipinski definition) is 5. The lowest BCUT2D eigenvalue weighted by Gasteiger charge is -2.33. The molecule has 4 rings (SSSR count). The summed E-state index contributed by atoms with van der Waals surface area (Å²) in [4.78, 5) is 19.2. The molecule has 1 aliphatic rings. The van der Waals surface area contributed by atoms with Crippen LogP contribution in [0.15, 0.2) is 53.1 Å². The smallest absolute Gasteiger partial charge is 0.322 e. The Morgan fingerprint density at radius 3 is 2.83 bits per heavy atom. The number of aromatic nitrogens is 2. The van der Waals surface area contributed by atoms with Crippen molar-refractivity contribution in [3.63, 3.8) is 0 Å². The molecule has 7 nitrogen and oxygen atoms in total. The van der Waals surface area contributed by atoms with Crippen LogP contribution in [-0.2, 0) is 0 Å². The fourth-order valence-electron chi connectivity index (χ4n) is 3.42. The minimum Gasteiger partial charge on any atom is -0.497 e. The Morgan fingerprint density at radius 2 is 2.07 bits per heavy atom. The van der Waals surface area contributed by atoms with E-state index in [1.54, 1.807) is 48.4 Å². The fourth-order valence-corrected chi connectivity index (χ4v) is 3.61. The maximum atomic E-state index is 12.9. The highest BCUT2D eigenvalue weighted by Crippen LogP contribution is 2.32. The first-order valence-corrected chi connectivity index (χ1v) is 9.83. The average molecular weight is 413 g/mol. The summed E-state index contributed by atoms with van der Waals surface area (Å²) in [5.41, 5.74) is 1.47. The molecule has 150 valence electrons. The molecule has 0 radical (unpaired) electrons. The highest BCUT2D eigenvalue weighted by molar-refractivity contribution is 6.30. The van der Waals surface area contributed by atoms with Gasteiger partial charge in [0.1, 0.15) is 11.8 Å². The lowest BCUT2D eigenvalue weighted by Crippen LogP contribution is -2.41. The molecule has 1 saturated heterocycles. The van der Waals surface area contributed by atoms with Crippen molar-refractivity contribution in [1.82, 2.24) is 15.0 Å². The van der Waals surface area contributed by atoms with E-state index in [-0.39, 0.29) is 12.1 Å². The van der Waals surface area contributed by atoms with Crippen LogP contribution in [0.5, 0.6) is 5.75 Å². The van der Waals surface area contributed by atoms with Gasteiger partial charge in [0.05, 0.1) is 7.11 Å². The number of carbonyl (C=O) groups is 1. The molecule has 3 aromatic rings. The summed E-state index contributed by atoms with van der Waals surface area (Å²) in [6.45, 7) is 0.627. The van der Waals surface area contributed by atoms with E-state index in [0.29, 0.717) is 29.0 Å². The van der Waals surface area contributed by atoms with Crippen LogP contribution in [0.25, 0.3) is 11.4 Å². The highest BCUT2D eigenvalue weighted by Gasteiger charge is 2.32. The lowest BCUT2D eigenvalue weighted by atomic mass is 10.0.